The van der Waals surface area contributed by atoms with E-state index in [9.17, 15) is 10.1 Å². The van der Waals surface area contributed by atoms with E-state index < -0.39 is 4.92 Å². The van der Waals surface area contributed by atoms with Gasteiger partial charge in [-0.2, -0.15) is 5.10 Å². The first-order valence-electron chi connectivity index (χ1n) is 7.25. The number of para-hydroxylation sites is 2. The number of aryl methyl sites for hydroxylation is 2. The van der Waals surface area contributed by atoms with E-state index in [1.807, 2.05) is 24.3 Å². The molecular formula is C15H18N4O4. The highest BCUT2D eigenvalue weighted by Gasteiger charge is 2.29. The van der Waals surface area contributed by atoms with Gasteiger partial charge in [-0.15, -0.1) is 0 Å². The molecule has 0 spiro atoms. The quantitative estimate of drug-likeness (QED) is 0.632. The van der Waals surface area contributed by atoms with Crippen molar-refractivity contribution in [2.24, 2.45) is 7.05 Å². The van der Waals surface area contributed by atoms with Crippen molar-refractivity contribution in [3.05, 3.63) is 40.1 Å². The van der Waals surface area contributed by atoms with Crippen LogP contribution in [0.5, 0.6) is 11.5 Å². The molecule has 1 atom stereocenters. The second-order valence-electron chi connectivity index (χ2n) is 5.52. The van der Waals surface area contributed by atoms with E-state index >= 15 is 0 Å². The van der Waals surface area contributed by atoms with Crippen LogP contribution in [-0.4, -0.2) is 41.0 Å². The van der Waals surface area contributed by atoms with Crippen LogP contribution in [0.4, 0.5) is 11.5 Å². The van der Waals surface area contributed by atoms with Crippen molar-refractivity contribution in [1.29, 1.82) is 0 Å². The maximum Gasteiger partial charge on any atom is 0.333 e. The third kappa shape index (κ3) is 2.79. The molecule has 8 heteroatoms. The number of likely N-dealkylation sites (N-methyl/N-ethyl adjacent to an activating group) is 1. The number of aromatic nitrogens is 2. The van der Waals surface area contributed by atoms with Gasteiger partial charge in [-0.05, 0) is 19.1 Å². The zero-order valence-corrected chi connectivity index (χ0v) is 13.2. The molecule has 122 valence electrons. The fourth-order valence-corrected chi connectivity index (χ4v) is 2.82. The van der Waals surface area contributed by atoms with Crippen molar-refractivity contribution in [3.8, 4) is 11.5 Å². The summed E-state index contributed by atoms with van der Waals surface area (Å²) >= 11 is 0. The topological polar surface area (TPSA) is 82.7 Å². The highest BCUT2D eigenvalue weighted by Crippen LogP contribution is 2.33. The van der Waals surface area contributed by atoms with Gasteiger partial charge in [0, 0.05) is 14.1 Å². The number of nitrogens with zero attached hydrogens (tertiary/aromatic N) is 4. The predicted molar refractivity (Wildman–Crippen MR) is 84.2 cm³/mol. The van der Waals surface area contributed by atoms with Crippen molar-refractivity contribution in [1.82, 2.24) is 9.78 Å². The lowest BCUT2D eigenvalue weighted by atomic mass is 10.2. The van der Waals surface area contributed by atoms with E-state index in [4.69, 9.17) is 9.47 Å². The minimum absolute atomic E-state index is 0.0205. The van der Waals surface area contributed by atoms with Gasteiger partial charge >= 0.3 is 5.69 Å². The summed E-state index contributed by atoms with van der Waals surface area (Å²) in [5.41, 5.74) is 0.414. The molecule has 2 heterocycles. The fourth-order valence-electron chi connectivity index (χ4n) is 2.82. The minimum Gasteiger partial charge on any atom is -0.486 e. The van der Waals surface area contributed by atoms with Gasteiger partial charge in [0.05, 0.1) is 11.5 Å². The molecule has 0 fully saturated rings. The number of hydrogen-bond donors (Lipinski definition) is 0. The molecule has 0 radical (unpaired) electrons. The molecule has 1 aromatic heterocycles. The van der Waals surface area contributed by atoms with Crippen LogP contribution >= 0.6 is 0 Å². The maximum absolute atomic E-state index is 11.3. The van der Waals surface area contributed by atoms with Crippen LogP contribution in [-0.2, 0) is 7.05 Å². The van der Waals surface area contributed by atoms with Gasteiger partial charge in [0.1, 0.15) is 12.3 Å². The summed E-state index contributed by atoms with van der Waals surface area (Å²) in [4.78, 5) is 12.7. The first-order valence-corrected chi connectivity index (χ1v) is 7.25. The average molecular weight is 318 g/mol. The van der Waals surface area contributed by atoms with Crippen LogP contribution < -0.4 is 14.4 Å². The Morgan fingerprint density at radius 1 is 1.43 bits per heavy atom. The van der Waals surface area contributed by atoms with Gasteiger partial charge in [-0.3, -0.25) is 10.1 Å². The number of ether oxygens (including phenoxy) is 2. The van der Waals surface area contributed by atoms with Gasteiger partial charge in [0.15, 0.2) is 17.6 Å². The van der Waals surface area contributed by atoms with Crippen LogP contribution in [0.15, 0.2) is 24.3 Å². The average Bonchev–Trinajstić information content (AvgIpc) is 2.81. The van der Waals surface area contributed by atoms with E-state index in [1.165, 1.54) is 4.68 Å². The number of anilines is 1. The van der Waals surface area contributed by atoms with Gasteiger partial charge in [-0.1, -0.05) is 12.1 Å². The Hall–Kier alpha value is -2.77. The zero-order valence-electron chi connectivity index (χ0n) is 13.2. The molecule has 0 bridgehead atoms. The number of rotatable bonds is 4. The van der Waals surface area contributed by atoms with E-state index in [0.29, 0.717) is 36.2 Å². The standard InChI is InChI=1S/C15H18N4O4/c1-10-14(19(20)21)15(18(3)16-10)17(2)8-11-9-22-12-6-4-5-7-13(12)23-11/h4-7,11H,8-9H2,1-3H3/t11-/m0/s1. The first-order chi connectivity index (χ1) is 11.0. The molecule has 8 nitrogen and oxygen atoms in total. The Bertz CT molecular complexity index is 743. The van der Waals surface area contributed by atoms with E-state index in [2.05, 4.69) is 5.10 Å². The number of fused-ring (bicyclic) bond motifs is 1. The highest BCUT2D eigenvalue weighted by molar-refractivity contribution is 5.61. The molecule has 23 heavy (non-hydrogen) atoms. The summed E-state index contributed by atoms with van der Waals surface area (Å²) in [6, 6.07) is 7.46. The third-order valence-electron chi connectivity index (χ3n) is 3.75. The molecule has 2 aromatic rings. The smallest absolute Gasteiger partial charge is 0.333 e. The minimum atomic E-state index is -0.401. The van der Waals surface area contributed by atoms with E-state index in [1.54, 1.807) is 25.9 Å². The first kappa shape index (κ1) is 15.1. The summed E-state index contributed by atoms with van der Waals surface area (Å²) in [6.07, 6.45) is -0.218. The van der Waals surface area contributed by atoms with Crippen molar-refractivity contribution in [2.45, 2.75) is 13.0 Å². The summed E-state index contributed by atoms with van der Waals surface area (Å²) < 4.78 is 13.1. The van der Waals surface area contributed by atoms with E-state index in [0.717, 1.165) is 0 Å². The van der Waals surface area contributed by atoms with Crippen molar-refractivity contribution in [3.63, 3.8) is 0 Å². The molecule has 0 saturated heterocycles. The van der Waals surface area contributed by atoms with Crippen LogP contribution in [0, 0.1) is 17.0 Å². The van der Waals surface area contributed by atoms with Crippen molar-refractivity contribution >= 4 is 11.5 Å². The Balaban J connectivity index is 1.78. The summed E-state index contributed by atoms with van der Waals surface area (Å²) in [5, 5.41) is 15.4. The second kappa shape index (κ2) is 5.79. The molecule has 1 aliphatic heterocycles. The lowest BCUT2D eigenvalue weighted by Gasteiger charge is -2.30. The van der Waals surface area contributed by atoms with Crippen LogP contribution in [0.25, 0.3) is 0 Å². The lowest BCUT2D eigenvalue weighted by Crippen LogP contribution is -2.40. The van der Waals surface area contributed by atoms with E-state index in [-0.39, 0.29) is 11.8 Å². The van der Waals surface area contributed by atoms with Gasteiger partial charge < -0.3 is 14.4 Å². The summed E-state index contributed by atoms with van der Waals surface area (Å²) in [5.74, 6) is 1.86. The SMILES string of the molecule is Cc1nn(C)c(N(C)C[C@H]2COc3ccccc3O2)c1[N+](=O)[O-]. The molecule has 1 aliphatic rings. The Morgan fingerprint density at radius 2 is 2.13 bits per heavy atom. The number of nitro groups is 1. The zero-order chi connectivity index (χ0) is 16.6. The van der Waals surface area contributed by atoms with Crippen LogP contribution in [0.3, 0.4) is 0 Å². The monoisotopic (exact) mass is 318 g/mol. The van der Waals surface area contributed by atoms with Gasteiger partial charge in [0.2, 0.25) is 5.82 Å². The Kier molecular flexibility index (Phi) is 3.81. The predicted octanol–water partition coefficient (Wildman–Crippen LogP) is 1.91. The summed E-state index contributed by atoms with van der Waals surface area (Å²) in [6.45, 7) is 2.48. The second-order valence-corrected chi connectivity index (χ2v) is 5.52. The molecule has 0 N–H and O–H groups in total. The Morgan fingerprint density at radius 3 is 2.83 bits per heavy atom. The molecule has 0 saturated carbocycles. The fraction of sp³-hybridized carbons (Fsp3) is 0.400. The third-order valence-corrected chi connectivity index (χ3v) is 3.75. The van der Waals surface area contributed by atoms with Crippen molar-refractivity contribution < 1.29 is 14.4 Å². The normalized spacial score (nSPS) is 16.2. The van der Waals surface area contributed by atoms with Crippen LogP contribution in [0.2, 0.25) is 0 Å². The van der Waals surface area contributed by atoms with Crippen molar-refractivity contribution in [2.75, 3.05) is 25.1 Å². The van der Waals surface area contributed by atoms with Gasteiger partial charge in [-0.25, -0.2) is 4.68 Å². The number of hydrogen-bond acceptors (Lipinski definition) is 6. The largest absolute Gasteiger partial charge is 0.486 e. The molecule has 0 unspecified atom stereocenters. The molecule has 3 rings (SSSR count). The molecule has 0 aliphatic carbocycles. The molecule has 0 amide bonds. The summed E-state index contributed by atoms with van der Waals surface area (Å²) in [7, 11) is 3.48. The molecular weight excluding hydrogens is 300 g/mol. The number of benzene rings is 1. The van der Waals surface area contributed by atoms with Gasteiger partial charge in [0.25, 0.3) is 0 Å². The molecule has 1 aromatic carbocycles. The lowest BCUT2D eigenvalue weighted by molar-refractivity contribution is -0.384. The highest BCUT2D eigenvalue weighted by atomic mass is 16.6. The Labute approximate surface area is 133 Å². The van der Waals surface area contributed by atoms with Crippen LogP contribution in [0.1, 0.15) is 5.69 Å². The maximum atomic E-state index is 11.3.